The van der Waals surface area contributed by atoms with Crippen molar-refractivity contribution in [2.24, 2.45) is 5.73 Å². The van der Waals surface area contributed by atoms with Gasteiger partial charge >= 0.3 is 0 Å². The number of likely N-dealkylation sites (tertiary alicyclic amines) is 1. The maximum absolute atomic E-state index is 6.34. The highest BCUT2D eigenvalue weighted by Gasteiger charge is 2.22. The zero-order valence-corrected chi connectivity index (χ0v) is 13.2. The minimum atomic E-state index is 0.109. The van der Waals surface area contributed by atoms with Gasteiger partial charge in [-0.05, 0) is 51.0 Å². The van der Waals surface area contributed by atoms with Crippen LogP contribution in [0, 0.1) is 0 Å². The van der Waals surface area contributed by atoms with Crippen molar-refractivity contribution < 1.29 is 0 Å². The summed E-state index contributed by atoms with van der Waals surface area (Å²) < 4.78 is 0. The molecule has 0 aliphatic carbocycles. The van der Waals surface area contributed by atoms with E-state index < -0.39 is 0 Å². The minimum absolute atomic E-state index is 0.109. The molecular weight excluding hydrogens is 246 g/mol. The maximum atomic E-state index is 6.34. The predicted molar refractivity (Wildman–Crippen MR) is 85.9 cm³/mol. The van der Waals surface area contributed by atoms with Gasteiger partial charge < -0.3 is 15.5 Å². The van der Waals surface area contributed by atoms with Crippen LogP contribution in [0.3, 0.4) is 0 Å². The van der Waals surface area contributed by atoms with Crippen molar-refractivity contribution in [1.82, 2.24) is 9.80 Å². The molecule has 1 heterocycles. The summed E-state index contributed by atoms with van der Waals surface area (Å²) in [5.74, 6) is 0. The van der Waals surface area contributed by atoms with Gasteiger partial charge in [0.2, 0.25) is 0 Å². The van der Waals surface area contributed by atoms with Gasteiger partial charge in [-0.3, -0.25) is 0 Å². The Kier molecular flexibility index (Phi) is 5.58. The molecule has 1 saturated heterocycles. The molecular formula is C17H29N3. The van der Waals surface area contributed by atoms with Crippen molar-refractivity contribution in [2.75, 3.05) is 33.7 Å². The van der Waals surface area contributed by atoms with E-state index in [2.05, 4.69) is 55.1 Å². The van der Waals surface area contributed by atoms with Gasteiger partial charge in [-0.1, -0.05) is 31.2 Å². The normalized spacial score (nSPS) is 21.6. The molecule has 2 N–H and O–H groups in total. The van der Waals surface area contributed by atoms with Crippen LogP contribution in [0.5, 0.6) is 0 Å². The number of rotatable bonds is 6. The first kappa shape index (κ1) is 15.5. The average molecular weight is 275 g/mol. The van der Waals surface area contributed by atoms with Crippen molar-refractivity contribution in [1.29, 1.82) is 0 Å². The number of nitrogens with zero attached hydrogens (tertiary/aromatic N) is 2. The van der Waals surface area contributed by atoms with Crippen molar-refractivity contribution >= 4 is 0 Å². The lowest BCUT2D eigenvalue weighted by atomic mass is 10.0. The predicted octanol–water partition coefficient (Wildman–Crippen LogP) is 2.27. The Morgan fingerprint density at radius 1 is 1.35 bits per heavy atom. The summed E-state index contributed by atoms with van der Waals surface area (Å²) in [6, 6.07) is 9.56. The lowest BCUT2D eigenvalue weighted by molar-refractivity contribution is 0.213. The zero-order chi connectivity index (χ0) is 14.5. The Balaban J connectivity index is 1.84. The second kappa shape index (κ2) is 7.21. The van der Waals surface area contributed by atoms with Crippen LogP contribution in [0.1, 0.15) is 36.9 Å². The summed E-state index contributed by atoms with van der Waals surface area (Å²) in [7, 11) is 4.42. The van der Waals surface area contributed by atoms with Crippen molar-refractivity contribution in [3.8, 4) is 0 Å². The van der Waals surface area contributed by atoms with E-state index in [1.165, 1.54) is 30.5 Å². The number of aryl methyl sites for hydroxylation is 1. The molecule has 2 unspecified atom stereocenters. The van der Waals surface area contributed by atoms with E-state index in [9.17, 15) is 0 Å². The van der Waals surface area contributed by atoms with Gasteiger partial charge in [0, 0.05) is 25.2 Å². The summed E-state index contributed by atoms with van der Waals surface area (Å²) in [6.07, 6.45) is 3.74. The van der Waals surface area contributed by atoms with Gasteiger partial charge in [0.15, 0.2) is 0 Å². The first-order chi connectivity index (χ1) is 9.60. The van der Waals surface area contributed by atoms with Crippen LogP contribution in [-0.2, 0) is 6.42 Å². The van der Waals surface area contributed by atoms with Crippen LogP contribution < -0.4 is 5.73 Å². The fourth-order valence-corrected chi connectivity index (χ4v) is 3.09. The molecule has 0 radical (unpaired) electrons. The number of hydrogen-bond donors (Lipinski definition) is 1. The molecule has 1 aromatic carbocycles. The Bertz CT molecular complexity index is 401. The van der Waals surface area contributed by atoms with Crippen LogP contribution in [0.2, 0.25) is 0 Å². The molecule has 0 spiro atoms. The average Bonchev–Trinajstić information content (AvgIpc) is 2.84. The molecule has 112 valence electrons. The second-order valence-electron chi connectivity index (χ2n) is 6.20. The van der Waals surface area contributed by atoms with Gasteiger partial charge in [-0.2, -0.15) is 0 Å². The van der Waals surface area contributed by atoms with E-state index in [1.807, 2.05) is 0 Å². The van der Waals surface area contributed by atoms with Crippen LogP contribution in [0.25, 0.3) is 0 Å². The molecule has 0 amide bonds. The van der Waals surface area contributed by atoms with E-state index in [4.69, 9.17) is 5.73 Å². The first-order valence-electron chi connectivity index (χ1n) is 7.83. The van der Waals surface area contributed by atoms with E-state index in [0.29, 0.717) is 6.04 Å². The fourth-order valence-electron chi connectivity index (χ4n) is 3.09. The molecule has 1 aliphatic heterocycles. The van der Waals surface area contributed by atoms with E-state index >= 15 is 0 Å². The lowest BCUT2D eigenvalue weighted by Crippen LogP contribution is -2.39. The third-order valence-corrected chi connectivity index (χ3v) is 4.52. The summed E-state index contributed by atoms with van der Waals surface area (Å²) in [5, 5.41) is 0. The highest BCUT2D eigenvalue weighted by Crippen LogP contribution is 2.17. The highest BCUT2D eigenvalue weighted by atomic mass is 15.2. The second-order valence-corrected chi connectivity index (χ2v) is 6.20. The van der Waals surface area contributed by atoms with Crippen LogP contribution in [-0.4, -0.2) is 49.6 Å². The number of likely N-dealkylation sites (N-methyl/N-ethyl adjacent to an activating group) is 2. The number of nitrogens with two attached hydrogens (primary N) is 1. The quantitative estimate of drug-likeness (QED) is 0.864. The van der Waals surface area contributed by atoms with Crippen LogP contribution >= 0.6 is 0 Å². The van der Waals surface area contributed by atoms with E-state index in [-0.39, 0.29) is 6.04 Å². The molecule has 3 nitrogen and oxygen atoms in total. The summed E-state index contributed by atoms with van der Waals surface area (Å²) in [6.45, 7) is 5.47. The van der Waals surface area contributed by atoms with Crippen molar-refractivity contribution in [3.63, 3.8) is 0 Å². The highest BCUT2D eigenvalue weighted by molar-refractivity contribution is 5.25. The molecule has 1 aliphatic rings. The standard InChI is InChI=1S/C17H29N3/c1-4-14-7-9-15(10-8-14)17(18)13-19(2)12-16-6-5-11-20(16)3/h7-10,16-17H,4-6,11-13,18H2,1-3H3. The van der Waals surface area contributed by atoms with Crippen molar-refractivity contribution in [3.05, 3.63) is 35.4 Å². The van der Waals surface area contributed by atoms with Gasteiger partial charge in [-0.25, -0.2) is 0 Å². The number of hydrogen-bond acceptors (Lipinski definition) is 3. The Morgan fingerprint density at radius 2 is 2.05 bits per heavy atom. The molecule has 0 bridgehead atoms. The first-order valence-corrected chi connectivity index (χ1v) is 7.83. The molecule has 0 aromatic heterocycles. The van der Waals surface area contributed by atoms with Crippen LogP contribution in [0.4, 0.5) is 0 Å². The van der Waals surface area contributed by atoms with E-state index in [1.54, 1.807) is 0 Å². The largest absolute Gasteiger partial charge is 0.323 e. The smallest absolute Gasteiger partial charge is 0.0424 e. The summed E-state index contributed by atoms with van der Waals surface area (Å²) in [5.41, 5.74) is 8.96. The minimum Gasteiger partial charge on any atom is -0.323 e. The topological polar surface area (TPSA) is 32.5 Å². The summed E-state index contributed by atoms with van der Waals surface area (Å²) >= 11 is 0. The SMILES string of the molecule is CCc1ccc(C(N)CN(C)CC2CCCN2C)cc1. The van der Waals surface area contributed by atoms with Crippen LogP contribution in [0.15, 0.2) is 24.3 Å². The monoisotopic (exact) mass is 275 g/mol. The lowest BCUT2D eigenvalue weighted by Gasteiger charge is -2.27. The van der Waals surface area contributed by atoms with E-state index in [0.717, 1.165) is 19.5 Å². The van der Waals surface area contributed by atoms with Gasteiger partial charge in [0.05, 0.1) is 0 Å². The molecule has 0 saturated carbocycles. The molecule has 3 heteroatoms. The third kappa shape index (κ3) is 4.05. The summed E-state index contributed by atoms with van der Waals surface area (Å²) in [4.78, 5) is 4.85. The molecule has 2 atom stereocenters. The third-order valence-electron chi connectivity index (χ3n) is 4.52. The Hall–Kier alpha value is -0.900. The molecule has 20 heavy (non-hydrogen) atoms. The Labute approximate surface area is 123 Å². The van der Waals surface area contributed by atoms with Gasteiger partial charge in [-0.15, -0.1) is 0 Å². The fraction of sp³-hybridized carbons (Fsp3) is 0.647. The Morgan fingerprint density at radius 3 is 2.60 bits per heavy atom. The van der Waals surface area contributed by atoms with Crippen molar-refractivity contribution in [2.45, 2.75) is 38.3 Å². The molecule has 1 fully saturated rings. The molecule has 1 aromatic rings. The molecule has 2 rings (SSSR count). The van der Waals surface area contributed by atoms with Gasteiger partial charge in [0.1, 0.15) is 0 Å². The number of benzene rings is 1. The maximum Gasteiger partial charge on any atom is 0.0424 e. The zero-order valence-electron chi connectivity index (χ0n) is 13.2. The van der Waals surface area contributed by atoms with Gasteiger partial charge in [0.25, 0.3) is 0 Å².